The lowest BCUT2D eigenvalue weighted by Crippen LogP contribution is -2.05. The molecule has 2 aromatic rings. The van der Waals surface area contributed by atoms with Gasteiger partial charge in [0.15, 0.2) is 0 Å². The second kappa shape index (κ2) is 5.96. The van der Waals surface area contributed by atoms with Gasteiger partial charge in [0.05, 0.1) is 16.8 Å². The van der Waals surface area contributed by atoms with Crippen LogP contribution in [0.25, 0.3) is 0 Å². The van der Waals surface area contributed by atoms with Crippen LogP contribution in [-0.2, 0) is 6.18 Å². The molecule has 1 N–H and O–H groups in total. The third kappa shape index (κ3) is 3.69. The summed E-state index contributed by atoms with van der Waals surface area (Å²) in [6.07, 6.45) is -4.49. The fourth-order valence-electron chi connectivity index (χ4n) is 1.72. The minimum Gasteiger partial charge on any atom is -0.354 e. The molecule has 0 aromatic heterocycles. The Morgan fingerprint density at radius 3 is 2.52 bits per heavy atom. The monoisotopic (exact) mass is 374 g/mol. The molecule has 0 aliphatic carbocycles. The summed E-state index contributed by atoms with van der Waals surface area (Å²) in [6, 6.07) is 10.1. The highest BCUT2D eigenvalue weighted by molar-refractivity contribution is 9.10. The molecule has 7 heteroatoms. The van der Waals surface area contributed by atoms with Crippen LogP contribution in [-0.4, -0.2) is 0 Å². The summed E-state index contributed by atoms with van der Waals surface area (Å²) in [4.78, 5) is 0. The first-order valence-corrected chi connectivity index (χ1v) is 6.82. The lowest BCUT2D eigenvalue weighted by molar-refractivity contribution is -0.137. The smallest absolute Gasteiger partial charge is 0.354 e. The van der Waals surface area contributed by atoms with Crippen molar-refractivity contribution in [1.82, 2.24) is 0 Å². The summed E-state index contributed by atoms with van der Waals surface area (Å²) in [5.74, 6) is 0. The van der Waals surface area contributed by atoms with E-state index in [0.717, 1.165) is 12.1 Å². The molecular weight excluding hydrogens is 369 g/mol. The molecule has 0 spiro atoms. The van der Waals surface area contributed by atoms with Crippen LogP contribution in [0.1, 0.15) is 11.1 Å². The quantitative estimate of drug-likeness (QED) is 0.727. The van der Waals surface area contributed by atoms with Gasteiger partial charge >= 0.3 is 6.18 Å². The molecule has 0 unspecified atom stereocenters. The maximum Gasteiger partial charge on any atom is 0.416 e. The van der Waals surface area contributed by atoms with E-state index in [9.17, 15) is 13.2 Å². The first-order chi connectivity index (χ1) is 9.81. The average Bonchev–Trinajstić information content (AvgIpc) is 2.37. The zero-order valence-corrected chi connectivity index (χ0v) is 12.6. The standard InChI is InChI=1S/C14H7BrClF3N2/c15-12-2-1-3-13(11(12)7-20)21-10-5-8(14(17,18)19)4-9(16)6-10/h1-6,21H. The molecule has 0 aliphatic rings. The lowest BCUT2D eigenvalue weighted by atomic mass is 10.1. The highest BCUT2D eigenvalue weighted by atomic mass is 79.9. The van der Waals surface area contributed by atoms with E-state index in [0.29, 0.717) is 15.7 Å². The summed E-state index contributed by atoms with van der Waals surface area (Å²) in [6.45, 7) is 0. The van der Waals surface area contributed by atoms with Gasteiger partial charge in [-0.05, 0) is 46.3 Å². The molecule has 2 rings (SSSR count). The van der Waals surface area contributed by atoms with E-state index in [2.05, 4.69) is 21.2 Å². The first-order valence-electron chi connectivity index (χ1n) is 5.64. The van der Waals surface area contributed by atoms with Gasteiger partial charge in [0.2, 0.25) is 0 Å². The molecule has 0 saturated heterocycles. The van der Waals surface area contributed by atoms with Gasteiger partial charge in [-0.1, -0.05) is 17.7 Å². The molecule has 0 fully saturated rings. The van der Waals surface area contributed by atoms with Crippen molar-refractivity contribution in [3.05, 3.63) is 57.0 Å². The third-order valence-electron chi connectivity index (χ3n) is 2.63. The Morgan fingerprint density at radius 2 is 1.90 bits per heavy atom. The molecule has 0 aliphatic heterocycles. The molecule has 2 aromatic carbocycles. The van der Waals surface area contributed by atoms with Gasteiger partial charge in [0, 0.05) is 15.2 Å². The van der Waals surface area contributed by atoms with E-state index >= 15 is 0 Å². The van der Waals surface area contributed by atoms with Crippen molar-refractivity contribution in [2.75, 3.05) is 5.32 Å². The van der Waals surface area contributed by atoms with Crippen LogP contribution < -0.4 is 5.32 Å². The van der Waals surface area contributed by atoms with Crippen molar-refractivity contribution in [1.29, 1.82) is 5.26 Å². The van der Waals surface area contributed by atoms with Crippen LogP contribution in [0.3, 0.4) is 0 Å². The van der Waals surface area contributed by atoms with Crippen molar-refractivity contribution in [3.63, 3.8) is 0 Å². The Hall–Kier alpha value is -1.71. The average molecular weight is 376 g/mol. The van der Waals surface area contributed by atoms with Crippen molar-refractivity contribution in [2.45, 2.75) is 6.18 Å². The van der Waals surface area contributed by atoms with E-state index in [1.54, 1.807) is 18.2 Å². The number of anilines is 2. The normalized spacial score (nSPS) is 11.0. The summed E-state index contributed by atoms with van der Waals surface area (Å²) >= 11 is 8.93. The molecule has 0 atom stereocenters. The molecule has 0 amide bonds. The van der Waals surface area contributed by atoms with Gasteiger partial charge in [0.25, 0.3) is 0 Å². The van der Waals surface area contributed by atoms with Crippen LogP contribution in [0.2, 0.25) is 5.02 Å². The Morgan fingerprint density at radius 1 is 1.19 bits per heavy atom. The molecule has 0 bridgehead atoms. The Kier molecular flexibility index (Phi) is 4.45. The number of nitrogens with zero attached hydrogens (tertiary/aromatic N) is 1. The largest absolute Gasteiger partial charge is 0.416 e. The van der Waals surface area contributed by atoms with Crippen LogP contribution >= 0.6 is 27.5 Å². The maximum atomic E-state index is 12.7. The first kappa shape index (κ1) is 15.7. The molecule has 2 nitrogen and oxygen atoms in total. The van der Waals surface area contributed by atoms with Gasteiger partial charge in [-0.2, -0.15) is 18.4 Å². The number of hydrogen-bond acceptors (Lipinski definition) is 2. The summed E-state index contributed by atoms with van der Waals surface area (Å²) in [5.41, 5.74) is -0.0104. The highest BCUT2D eigenvalue weighted by Gasteiger charge is 2.31. The number of halogens is 5. The second-order valence-electron chi connectivity index (χ2n) is 4.13. The fourth-order valence-corrected chi connectivity index (χ4v) is 2.41. The van der Waals surface area contributed by atoms with Gasteiger partial charge in [-0.3, -0.25) is 0 Å². The Bertz CT molecular complexity index is 723. The highest BCUT2D eigenvalue weighted by Crippen LogP contribution is 2.35. The number of alkyl halides is 3. The van der Waals surface area contributed by atoms with Crippen molar-refractivity contribution >= 4 is 38.9 Å². The lowest BCUT2D eigenvalue weighted by Gasteiger charge is -2.13. The number of nitriles is 1. The Labute approximate surface area is 132 Å². The van der Waals surface area contributed by atoms with Gasteiger partial charge < -0.3 is 5.32 Å². The number of benzene rings is 2. The van der Waals surface area contributed by atoms with E-state index in [1.165, 1.54) is 6.07 Å². The van der Waals surface area contributed by atoms with E-state index in [-0.39, 0.29) is 10.7 Å². The van der Waals surface area contributed by atoms with E-state index in [4.69, 9.17) is 16.9 Å². The van der Waals surface area contributed by atoms with E-state index in [1.807, 2.05) is 6.07 Å². The zero-order valence-electron chi connectivity index (χ0n) is 10.3. The Balaban J connectivity index is 2.44. The van der Waals surface area contributed by atoms with Crippen molar-refractivity contribution < 1.29 is 13.2 Å². The predicted molar refractivity (Wildman–Crippen MR) is 78.6 cm³/mol. The topological polar surface area (TPSA) is 35.8 Å². The van der Waals surface area contributed by atoms with Crippen LogP contribution in [0.15, 0.2) is 40.9 Å². The molecule has 0 heterocycles. The summed E-state index contributed by atoms with van der Waals surface area (Å²) < 4.78 is 38.8. The maximum absolute atomic E-state index is 12.7. The fraction of sp³-hybridized carbons (Fsp3) is 0.0714. The third-order valence-corrected chi connectivity index (χ3v) is 3.51. The molecule has 108 valence electrons. The molecule has 21 heavy (non-hydrogen) atoms. The van der Waals surface area contributed by atoms with E-state index < -0.39 is 11.7 Å². The van der Waals surface area contributed by atoms with Crippen LogP contribution in [0.5, 0.6) is 0 Å². The van der Waals surface area contributed by atoms with Gasteiger partial charge in [0.1, 0.15) is 6.07 Å². The summed E-state index contributed by atoms with van der Waals surface area (Å²) in [7, 11) is 0. The van der Waals surface area contributed by atoms with Gasteiger partial charge in [-0.25, -0.2) is 0 Å². The van der Waals surface area contributed by atoms with Crippen molar-refractivity contribution in [2.24, 2.45) is 0 Å². The molecular formula is C14H7BrClF3N2. The zero-order chi connectivity index (χ0) is 15.6. The van der Waals surface area contributed by atoms with Gasteiger partial charge in [-0.15, -0.1) is 0 Å². The van der Waals surface area contributed by atoms with Crippen molar-refractivity contribution in [3.8, 4) is 6.07 Å². The number of nitrogens with one attached hydrogen (secondary N) is 1. The molecule has 0 saturated carbocycles. The second-order valence-corrected chi connectivity index (χ2v) is 5.42. The van der Waals surface area contributed by atoms with Crippen LogP contribution in [0, 0.1) is 11.3 Å². The molecule has 0 radical (unpaired) electrons. The predicted octanol–water partition coefficient (Wildman–Crippen LogP) is 5.74. The number of hydrogen-bond donors (Lipinski definition) is 1. The number of rotatable bonds is 2. The minimum atomic E-state index is -4.49. The SMILES string of the molecule is N#Cc1c(Br)cccc1Nc1cc(Cl)cc(C(F)(F)F)c1. The van der Waals surface area contributed by atoms with Crippen LogP contribution in [0.4, 0.5) is 24.5 Å². The summed E-state index contributed by atoms with van der Waals surface area (Å²) in [5, 5.41) is 11.8. The minimum absolute atomic E-state index is 0.0409.